The highest BCUT2D eigenvalue weighted by Crippen LogP contribution is 2.20. The first-order chi connectivity index (χ1) is 8.42. The SMILES string of the molecule is CCN1CCC[C@H]1CCCNC(=O)OC(C)(C)C. The molecule has 4 heteroatoms. The Morgan fingerprint density at radius 1 is 1.44 bits per heavy atom. The van der Waals surface area contributed by atoms with Crippen LogP contribution in [-0.4, -0.2) is 42.3 Å². The zero-order valence-electron chi connectivity index (χ0n) is 12.3. The zero-order valence-corrected chi connectivity index (χ0v) is 12.3. The van der Waals surface area contributed by atoms with Gasteiger partial charge in [-0.3, -0.25) is 0 Å². The minimum atomic E-state index is -0.408. The summed E-state index contributed by atoms with van der Waals surface area (Å²) in [6, 6.07) is 0.718. The molecule has 1 aliphatic rings. The summed E-state index contributed by atoms with van der Waals surface area (Å²) in [5, 5.41) is 2.82. The van der Waals surface area contributed by atoms with Gasteiger partial charge in [0.15, 0.2) is 0 Å². The van der Waals surface area contributed by atoms with E-state index < -0.39 is 5.60 Å². The largest absolute Gasteiger partial charge is 0.444 e. The molecule has 1 aliphatic heterocycles. The van der Waals surface area contributed by atoms with E-state index in [1.807, 2.05) is 20.8 Å². The quantitative estimate of drug-likeness (QED) is 0.769. The molecule has 0 unspecified atom stereocenters. The Labute approximate surface area is 111 Å². The van der Waals surface area contributed by atoms with E-state index in [0.29, 0.717) is 6.54 Å². The number of ether oxygens (including phenoxy) is 1. The summed E-state index contributed by atoms with van der Waals surface area (Å²) in [7, 11) is 0. The van der Waals surface area contributed by atoms with Crippen LogP contribution in [0.4, 0.5) is 4.79 Å². The number of hydrogen-bond acceptors (Lipinski definition) is 3. The van der Waals surface area contributed by atoms with Gasteiger partial charge < -0.3 is 15.0 Å². The second kappa shape index (κ2) is 6.98. The van der Waals surface area contributed by atoms with Crippen LogP contribution in [0.25, 0.3) is 0 Å². The van der Waals surface area contributed by atoms with Crippen molar-refractivity contribution < 1.29 is 9.53 Å². The van der Waals surface area contributed by atoms with Crippen molar-refractivity contribution in [3.05, 3.63) is 0 Å². The van der Waals surface area contributed by atoms with Gasteiger partial charge in [0.25, 0.3) is 0 Å². The van der Waals surface area contributed by atoms with Crippen molar-refractivity contribution in [2.45, 2.75) is 65.0 Å². The second-order valence-electron chi connectivity index (χ2n) is 6.00. The Morgan fingerprint density at radius 3 is 2.78 bits per heavy atom. The van der Waals surface area contributed by atoms with Crippen molar-refractivity contribution in [3.63, 3.8) is 0 Å². The fourth-order valence-corrected chi connectivity index (χ4v) is 2.48. The molecule has 1 heterocycles. The maximum absolute atomic E-state index is 11.4. The third-order valence-corrected chi connectivity index (χ3v) is 3.29. The first kappa shape index (κ1) is 15.3. The lowest BCUT2D eigenvalue weighted by Gasteiger charge is -2.23. The van der Waals surface area contributed by atoms with Crippen LogP contribution in [0.15, 0.2) is 0 Å². The predicted molar refractivity (Wildman–Crippen MR) is 73.7 cm³/mol. The molecule has 1 N–H and O–H groups in total. The Morgan fingerprint density at radius 2 is 2.17 bits per heavy atom. The van der Waals surface area contributed by atoms with Gasteiger partial charge in [-0.25, -0.2) is 4.79 Å². The molecule has 106 valence electrons. The van der Waals surface area contributed by atoms with Crippen molar-refractivity contribution in [3.8, 4) is 0 Å². The van der Waals surface area contributed by atoms with Crippen LogP contribution in [0.1, 0.15) is 53.4 Å². The molecule has 18 heavy (non-hydrogen) atoms. The molecule has 0 saturated carbocycles. The number of amides is 1. The van der Waals surface area contributed by atoms with Gasteiger partial charge in [-0.1, -0.05) is 6.92 Å². The van der Waals surface area contributed by atoms with Crippen LogP contribution in [0.2, 0.25) is 0 Å². The summed E-state index contributed by atoms with van der Waals surface area (Å²) in [4.78, 5) is 14.0. The number of likely N-dealkylation sites (tertiary alicyclic amines) is 1. The van der Waals surface area contributed by atoms with Crippen LogP contribution < -0.4 is 5.32 Å². The Hall–Kier alpha value is -0.770. The first-order valence-electron chi connectivity index (χ1n) is 7.13. The molecule has 4 nitrogen and oxygen atoms in total. The van der Waals surface area contributed by atoms with E-state index in [2.05, 4.69) is 17.1 Å². The molecule has 1 atom stereocenters. The molecular formula is C14H28N2O2. The second-order valence-corrected chi connectivity index (χ2v) is 6.00. The van der Waals surface area contributed by atoms with Gasteiger partial charge in [-0.15, -0.1) is 0 Å². The predicted octanol–water partition coefficient (Wildman–Crippen LogP) is 2.78. The van der Waals surface area contributed by atoms with Crippen LogP contribution in [0.3, 0.4) is 0 Å². The van der Waals surface area contributed by atoms with Crippen LogP contribution in [-0.2, 0) is 4.74 Å². The molecule has 0 aliphatic carbocycles. The average molecular weight is 256 g/mol. The highest BCUT2D eigenvalue weighted by atomic mass is 16.6. The summed E-state index contributed by atoms with van der Waals surface area (Å²) < 4.78 is 5.19. The van der Waals surface area contributed by atoms with E-state index in [1.54, 1.807) is 0 Å². The van der Waals surface area contributed by atoms with Gasteiger partial charge in [0.1, 0.15) is 5.60 Å². The number of carbonyl (C=O) groups excluding carboxylic acids is 1. The van der Waals surface area contributed by atoms with E-state index in [4.69, 9.17) is 4.74 Å². The maximum atomic E-state index is 11.4. The average Bonchev–Trinajstić information content (AvgIpc) is 2.69. The lowest BCUT2D eigenvalue weighted by molar-refractivity contribution is 0.0526. The van der Waals surface area contributed by atoms with Crippen LogP contribution in [0.5, 0.6) is 0 Å². The third kappa shape index (κ3) is 5.71. The normalized spacial score (nSPS) is 21.0. The first-order valence-corrected chi connectivity index (χ1v) is 7.13. The summed E-state index contributed by atoms with van der Waals surface area (Å²) in [5.74, 6) is 0. The molecule has 1 saturated heterocycles. The topological polar surface area (TPSA) is 41.6 Å². The number of nitrogens with zero attached hydrogens (tertiary/aromatic N) is 1. The van der Waals surface area contributed by atoms with E-state index >= 15 is 0 Å². The van der Waals surface area contributed by atoms with Crippen molar-refractivity contribution in [2.75, 3.05) is 19.6 Å². The molecule has 1 rings (SSSR count). The molecule has 0 radical (unpaired) electrons. The molecule has 0 aromatic carbocycles. The fraction of sp³-hybridized carbons (Fsp3) is 0.929. The molecular weight excluding hydrogens is 228 g/mol. The number of alkyl carbamates (subject to hydrolysis) is 1. The summed E-state index contributed by atoms with van der Waals surface area (Å²) in [6.45, 7) is 10.9. The van der Waals surface area contributed by atoms with Crippen molar-refractivity contribution >= 4 is 6.09 Å². The highest BCUT2D eigenvalue weighted by Gasteiger charge is 2.22. The van der Waals surface area contributed by atoms with Gasteiger partial charge in [0, 0.05) is 12.6 Å². The molecule has 0 bridgehead atoms. The maximum Gasteiger partial charge on any atom is 0.407 e. The Bertz CT molecular complexity index is 261. The van der Waals surface area contributed by atoms with Gasteiger partial charge in [-0.05, 0) is 59.5 Å². The molecule has 0 aromatic heterocycles. The minimum absolute atomic E-state index is 0.304. The van der Waals surface area contributed by atoms with Crippen LogP contribution >= 0.6 is 0 Å². The zero-order chi connectivity index (χ0) is 13.6. The van der Waals surface area contributed by atoms with E-state index in [9.17, 15) is 4.79 Å². The summed E-state index contributed by atoms with van der Waals surface area (Å²) >= 11 is 0. The number of hydrogen-bond donors (Lipinski definition) is 1. The molecule has 1 amide bonds. The summed E-state index contributed by atoms with van der Waals surface area (Å²) in [6.07, 6.45) is 4.52. The Balaban J connectivity index is 2.10. The minimum Gasteiger partial charge on any atom is -0.444 e. The highest BCUT2D eigenvalue weighted by molar-refractivity contribution is 5.67. The lowest BCUT2D eigenvalue weighted by atomic mass is 10.1. The third-order valence-electron chi connectivity index (χ3n) is 3.29. The van der Waals surface area contributed by atoms with E-state index in [1.165, 1.54) is 25.8 Å². The molecule has 0 aromatic rings. The fourth-order valence-electron chi connectivity index (χ4n) is 2.48. The van der Waals surface area contributed by atoms with Gasteiger partial charge >= 0.3 is 6.09 Å². The van der Waals surface area contributed by atoms with Crippen molar-refractivity contribution in [2.24, 2.45) is 0 Å². The molecule has 0 spiro atoms. The standard InChI is InChI=1S/C14H28N2O2/c1-5-16-11-7-9-12(16)8-6-10-15-13(17)18-14(2,3)4/h12H,5-11H2,1-4H3,(H,15,17)/t12-/m1/s1. The smallest absolute Gasteiger partial charge is 0.407 e. The van der Waals surface area contributed by atoms with Gasteiger partial charge in [-0.2, -0.15) is 0 Å². The number of nitrogens with one attached hydrogen (secondary N) is 1. The summed E-state index contributed by atoms with van der Waals surface area (Å²) in [5.41, 5.74) is -0.408. The van der Waals surface area contributed by atoms with Gasteiger partial charge in [0.2, 0.25) is 0 Å². The van der Waals surface area contributed by atoms with Crippen molar-refractivity contribution in [1.29, 1.82) is 0 Å². The van der Waals surface area contributed by atoms with Gasteiger partial charge in [0.05, 0.1) is 0 Å². The Kier molecular flexibility index (Phi) is 5.93. The molecule has 1 fully saturated rings. The van der Waals surface area contributed by atoms with Crippen LogP contribution in [0, 0.1) is 0 Å². The van der Waals surface area contributed by atoms with E-state index in [-0.39, 0.29) is 6.09 Å². The van der Waals surface area contributed by atoms with E-state index in [0.717, 1.165) is 19.0 Å². The number of rotatable bonds is 5. The number of carbonyl (C=O) groups is 1. The lowest BCUT2D eigenvalue weighted by Crippen LogP contribution is -2.34. The van der Waals surface area contributed by atoms with Crippen molar-refractivity contribution in [1.82, 2.24) is 10.2 Å². The monoisotopic (exact) mass is 256 g/mol.